The molecule has 0 fully saturated rings. The molecule has 3 heteroatoms. The third-order valence-corrected chi connectivity index (χ3v) is 2.43. The summed E-state index contributed by atoms with van der Waals surface area (Å²) < 4.78 is 0.889. The summed E-state index contributed by atoms with van der Waals surface area (Å²) in [6.45, 7) is 5.66. The van der Waals surface area contributed by atoms with E-state index in [1.54, 1.807) is 12.1 Å². The number of rotatable bonds is 1. The lowest BCUT2D eigenvalue weighted by molar-refractivity contribution is 0.0859. The van der Waals surface area contributed by atoms with Crippen molar-refractivity contribution >= 4 is 27.4 Å². The van der Waals surface area contributed by atoms with Crippen LogP contribution in [0.25, 0.3) is 0 Å². The van der Waals surface area contributed by atoms with E-state index in [0.29, 0.717) is 11.3 Å². The van der Waals surface area contributed by atoms with Crippen LogP contribution in [0, 0.1) is 5.41 Å². The summed E-state index contributed by atoms with van der Waals surface area (Å²) in [4.78, 5) is 11.9. The van der Waals surface area contributed by atoms with Crippen molar-refractivity contribution in [1.82, 2.24) is 0 Å². The lowest BCUT2D eigenvalue weighted by atomic mass is 9.86. The predicted octanol–water partition coefficient (Wildman–Crippen LogP) is 3.26. The Hall–Kier alpha value is -0.830. The van der Waals surface area contributed by atoms with E-state index < -0.39 is 0 Å². The Labute approximate surface area is 92.6 Å². The molecule has 0 saturated heterocycles. The fourth-order valence-corrected chi connectivity index (χ4v) is 1.52. The zero-order chi connectivity index (χ0) is 10.9. The molecule has 1 aromatic carbocycles. The van der Waals surface area contributed by atoms with Crippen LogP contribution in [0.2, 0.25) is 0 Å². The minimum atomic E-state index is -0.387. The van der Waals surface area contributed by atoms with Gasteiger partial charge in [-0.15, -0.1) is 0 Å². The Morgan fingerprint density at radius 3 is 2.36 bits per heavy atom. The second kappa shape index (κ2) is 3.73. The van der Waals surface area contributed by atoms with Crippen molar-refractivity contribution in [3.63, 3.8) is 0 Å². The molecule has 0 radical (unpaired) electrons. The maximum atomic E-state index is 11.9. The Balaban J connectivity index is 3.15. The summed E-state index contributed by atoms with van der Waals surface area (Å²) in [6.07, 6.45) is 0. The van der Waals surface area contributed by atoms with Crippen LogP contribution in [0.5, 0.6) is 0 Å². The molecule has 0 aliphatic heterocycles. The third kappa shape index (κ3) is 2.35. The zero-order valence-corrected chi connectivity index (χ0v) is 10.2. The van der Waals surface area contributed by atoms with Crippen LogP contribution in [0.3, 0.4) is 0 Å². The number of Topliss-reactive ketones (excluding diaryl/α,β-unsaturated/α-hetero) is 1. The van der Waals surface area contributed by atoms with Gasteiger partial charge < -0.3 is 5.73 Å². The molecule has 0 bridgehead atoms. The number of hydrogen-bond acceptors (Lipinski definition) is 2. The van der Waals surface area contributed by atoms with Crippen LogP contribution in [-0.2, 0) is 0 Å². The van der Waals surface area contributed by atoms with E-state index in [-0.39, 0.29) is 11.2 Å². The normalized spacial score (nSPS) is 11.4. The van der Waals surface area contributed by atoms with Gasteiger partial charge in [-0.05, 0) is 18.2 Å². The number of nitrogens with two attached hydrogens (primary N) is 1. The van der Waals surface area contributed by atoms with Gasteiger partial charge in [-0.2, -0.15) is 0 Å². The third-order valence-electron chi connectivity index (χ3n) is 1.94. The smallest absolute Gasteiger partial charge is 0.170 e. The highest BCUT2D eigenvalue weighted by atomic mass is 79.9. The van der Waals surface area contributed by atoms with Crippen LogP contribution in [0.4, 0.5) is 5.69 Å². The van der Waals surface area contributed by atoms with Gasteiger partial charge in [0.05, 0.1) is 0 Å². The van der Waals surface area contributed by atoms with Gasteiger partial charge in [-0.25, -0.2) is 0 Å². The van der Waals surface area contributed by atoms with Crippen LogP contribution >= 0.6 is 15.9 Å². The Kier molecular flexibility index (Phi) is 3.00. The molecular weight excluding hydrogens is 242 g/mol. The first-order valence-electron chi connectivity index (χ1n) is 4.42. The molecular formula is C11H14BrNO. The molecule has 2 nitrogen and oxygen atoms in total. The molecule has 0 unspecified atom stereocenters. The maximum Gasteiger partial charge on any atom is 0.170 e. The number of carbonyl (C=O) groups excluding carboxylic acids is 1. The number of halogens is 1. The molecule has 0 atom stereocenters. The van der Waals surface area contributed by atoms with Crippen molar-refractivity contribution in [3.8, 4) is 0 Å². The van der Waals surface area contributed by atoms with E-state index in [0.717, 1.165) is 4.47 Å². The SMILES string of the molecule is CC(C)(C)C(=O)c1ccc(Br)cc1N. The second-order valence-electron chi connectivity index (χ2n) is 4.31. The van der Waals surface area contributed by atoms with Gasteiger partial charge in [-0.1, -0.05) is 36.7 Å². The van der Waals surface area contributed by atoms with E-state index in [9.17, 15) is 4.79 Å². The molecule has 0 aliphatic rings. The van der Waals surface area contributed by atoms with E-state index in [2.05, 4.69) is 15.9 Å². The fraction of sp³-hybridized carbons (Fsp3) is 0.364. The molecule has 1 rings (SSSR count). The molecule has 2 N–H and O–H groups in total. The lowest BCUT2D eigenvalue weighted by Gasteiger charge is -2.17. The van der Waals surface area contributed by atoms with Gasteiger partial charge >= 0.3 is 0 Å². The van der Waals surface area contributed by atoms with E-state index in [1.807, 2.05) is 26.8 Å². The molecule has 14 heavy (non-hydrogen) atoms. The zero-order valence-electron chi connectivity index (χ0n) is 8.60. The first-order valence-corrected chi connectivity index (χ1v) is 5.21. The highest BCUT2D eigenvalue weighted by molar-refractivity contribution is 9.10. The standard InChI is InChI=1S/C11H14BrNO/c1-11(2,3)10(14)8-5-4-7(12)6-9(8)13/h4-6H,13H2,1-3H3. The summed E-state index contributed by atoms with van der Waals surface area (Å²) in [6, 6.07) is 5.33. The molecule has 0 saturated carbocycles. The fourth-order valence-electron chi connectivity index (χ4n) is 1.14. The second-order valence-corrected chi connectivity index (χ2v) is 5.23. The lowest BCUT2D eigenvalue weighted by Crippen LogP contribution is -2.21. The van der Waals surface area contributed by atoms with Gasteiger partial charge in [0.1, 0.15) is 0 Å². The molecule has 1 aromatic rings. The van der Waals surface area contributed by atoms with E-state index >= 15 is 0 Å². The maximum absolute atomic E-state index is 11.9. The molecule has 0 heterocycles. The van der Waals surface area contributed by atoms with Crippen LogP contribution in [0.1, 0.15) is 31.1 Å². The van der Waals surface area contributed by atoms with Crippen molar-refractivity contribution in [2.75, 3.05) is 5.73 Å². The minimum Gasteiger partial charge on any atom is -0.398 e. The number of nitrogen functional groups attached to an aromatic ring is 1. The average molecular weight is 256 g/mol. The quantitative estimate of drug-likeness (QED) is 0.619. The van der Waals surface area contributed by atoms with E-state index in [1.165, 1.54) is 0 Å². The Bertz CT molecular complexity index is 366. The van der Waals surface area contributed by atoms with Crippen LogP contribution in [0.15, 0.2) is 22.7 Å². The van der Waals surface area contributed by atoms with Crippen molar-refractivity contribution in [2.45, 2.75) is 20.8 Å². The minimum absolute atomic E-state index is 0.0718. The van der Waals surface area contributed by atoms with Gasteiger partial charge in [0.15, 0.2) is 5.78 Å². The molecule has 0 amide bonds. The van der Waals surface area contributed by atoms with Gasteiger partial charge in [0, 0.05) is 21.1 Å². The summed E-state index contributed by atoms with van der Waals surface area (Å²) in [5.41, 5.74) is 6.51. The molecule has 76 valence electrons. The Morgan fingerprint density at radius 2 is 1.93 bits per heavy atom. The number of carbonyl (C=O) groups is 1. The topological polar surface area (TPSA) is 43.1 Å². The van der Waals surface area contributed by atoms with Crippen molar-refractivity contribution < 1.29 is 4.79 Å². The van der Waals surface area contributed by atoms with Crippen molar-refractivity contribution in [2.24, 2.45) is 5.41 Å². The van der Waals surface area contributed by atoms with Crippen LogP contribution in [-0.4, -0.2) is 5.78 Å². The van der Waals surface area contributed by atoms with E-state index in [4.69, 9.17) is 5.73 Å². The average Bonchev–Trinajstić information content (AvgIpc) is 2.01. The highest BCUT2D eigenvalue weighted by Crippen LogP contribution is 2.26. The van der Waals surface area contributed by atoms with Gasteiger partial charge in [-0.3, -0.25) is 4.79 Å². The molecule has 0 aromatic heterocycles. The first-order chi connectivity index (χ1) is 6.32. The van der Waals surface area contributed by atoms with Crippen molar-refractivity contribution in [1.29, 1.82) is 0 Å². The number of anilines is 1. The number of ketones is 1. The largest absolute Gasteiger partial charge is 0.398 e. The first kappa shape index (κ1) is 11.2. The van der Waals surface area contributed by atoms with Crippen molar-refractivity contribution in [3.05, 3.63) is 28.2 Å². The highest BCUT2D eigenvalue weighted by Gasteiger charge is 2.24. The summed E-state index contributed by atoms with van der Waals surface area (Å²) in [7, 11) is 0. The van der Waals surface area contributed by atoms with Gasteiger partial charge in [0.2, 0.25) is 0 Å². The monoisotopic (exact) mass is 255 g/mol. The number of benzene rings is 1. The summed E-state index contributed by atoms with van der Waals surface area (Å²) in [5, 5.41) is 0. The predicted molar refractivity (Wildman–Crippen MR) is 62.3 cm³/mol. The summed E-state index contributed by atoms with van der Waals surface area (Å²) in [5.74, 6) is 0.0718. The number of hydrogen-bond donors (Lipinski definition) is 1. The van der Waals surface area contributed by atoms with Gasteiger partial charge in [0.25, 0.3) is 0 Å². The molecule has 0 spiro atoms. The summed E-state index contributed by atoms with van der Waals surface area (Å²) >= 11 is 3.30. The molecule has 0 aliphatic carbocycles. The Morgan fingerprint density at radius 1 is 1.36 bits per heavy atom. The van der Waals surface area contributed by atoms with Crippen LogP contribution < -0.4 is 5.73 Å².